The number of urea groups is 1. The van der Waals surface area contributed by atoms with E-state index >= 15 is 0 Å². The van der Waals surface area contributed by atoms with E-state index in [0.29, 0.717) is 47.1 Å². The van der Waals surface area contributed by atoms with Crippen molar-refractivity contribution in [3.63, 3.8) is 0 Å². The standard InChI is InChI=1S/C27H27ClF3N5O2/c1-3-21(24-14-18-13-19(27(29,30)31)8-11-23(18)38-24)32-26(37)35-12-4-5-22(35)25-34-33-16(2)36(25)15-17-6-9-20(28)10-7-17/h6-11,13-14,21-22H,3-5,12,15H2,1-2H3,(H,32,37)/t21-,22+/m0/s1. The summed E-state index contributed by atoms with van der Waals surface area (Å²) in [6.45, 7) is 4.86. The third-order valence-corrected chi connectivity index (χ3v) is 7.19. The van der Waals surface area contributed by atoms with Crippen LogP contribution >= 0.6 is 11.6 Å². The Bertz CT molecular complexity index is 1450. The lowest BCUT2D eigenvalue weighted by atomic mass is 10.1. The van der Waals surface area contributed by atoms with E-state index in [4.69, 9.17) is 16.0 Å². The normalized spacial score (nSPS) is 16.8. The Balaban J connectivity index is 1.35. The van der Waals surface area contributed by atoms with E-state index in [1.807, 2.05) is 42.7 Å². The highest BCUT2D eigenvalue weighted by Gasteiger charge is 2.35. The highest BCUT2D eigenvalue weighted by Crippen LogP contribution is 2.35. The molecular formula is C27H27ClF3N5O2. The molecule has 3 heterocycles. The summed E-state index contributed by atoms with van der Waals surface area (Å²) in [4.78, 5) is 15.2. The van der Waals surface area contributed by atoms with Gasteiger partial charge in [0.1, 0.15) is 17.2 Å². The predicted octanol–water partition coefficient (Wildman–Crippen LogP) is 7.05. The molecule has 0 unspecified atom stereocenters. The largest absolute Gasteiger partial charge is 0.459 e. The van der Waals surface area contributed by atoms with Crippen molar-refractivity contribution in [3.8, 4) is 0 Å². The van der Waals surface area contributed by atoms with Crippen LogP contribution in [-0.2, 0) is 12.7 Å². The predicted molar refractivity (Wildman–Crippen MR) is 137 cm³/mol. The zero-order chi connectivity index (χ0) is 27.0. The smallest absolute Gasteiger partial charge is 0.416 e. The molecule has 11 heteroatoms. The van der Waals surface area contributed by atoms with Crippen LogP contribution < -0.4 is 5.32 Å². The Morgan fingerprint density at radius 3 is 2.66 bits per heavy atom. The fourth-order valence-corrected chi connectivity index (χ4v) is 5.03. The molecule has 5 rings (SSSR count). The number of fused-ring (bicyclic) bond motifs is 1. The average Bonchev–Trinajstić information content (AvgIpc) is 3.61. The number of likely N-dealkylation sites (tertiary alicyclic amines) is 1. The van der Waals surface area contributed by atoms with Gasteiger partial charge in [0.05, 0.1) is 24.2 Å². The molecule has 0 radical (unpaired) electrons. The molecule has 1 aliphatic rings. The molecule has 4 aromatic rings. The number of nitrogens with one attached hydrogen (secondary N) is 1. The molecule has 2 atom stereocenters. The van der Waals surface area contributed by atoms with E-state index in [2.05, 4.69) is 15.5 Å². The summed E-state index contributed by atoms with van der Waals surface area (Å²) in [5, 5.41) is 12.7. The minimum Gasteiger partial charge on any atom is -0.459 e. The molecule has 1 fully saturated rings. The Kier molecular flexibility index (Phi) is 7.09. The van der Waals surface area contributed by atoms with Gasteiger partial charge in [-0.05, 0) is 68.1 Å². The van der Waals surface area contributed by atoms with Crippen LogP contribution in [0.4, 0.5) is 18.0 Å². The number of hydrogen-bond donors (Lipinski definition) is 1. The third-order valence-electron chi connectivity index (χ3n) is 6.94. The van der Waals surface area contributed by atoms with E-state index in [-0.39, 0.29) is 12.1 Å². The van der Waals surface area contributed by atoms with E-state index in [9.17, 15) is 18.0 Å². The zero-order valence-electron chi connectivity index (χ0n) is 20.9. The van der Waals surface area contributed by atoms with Gasteiger partial charge in [-0.15, -0.1) is 10.2 Å². The molecule has 2 aromatic heterocycles. The number of amides is 2. The summed E-state index contributed by atoms with van der Waals surface area (Å²) < 4.78 is 47.2. The lowest BCUT2D eigenvalue weighted by Gasteiger charge is -2.27. The Morgan fingerprint density at radius 2 is 1.95 bits per heavy atom. The van der Waals surface area contributed by atoms with Gasteiger partial charge in [0.2, 0.25) is 0 Å². The number of halogens is 4. The van der Waals surface area contributed by atoms with Crippen molar-refractivity contribution >= 4 is 28.6 Å². The van der Waals surface area contributed by atoms with E-state index < -0.39 is 17.8 Å². The topological polar surface area (TPSA) is 76.2 Å². The number of aryl methyl sites for hydroxylation is 1. The van der Waals surface area contributed by atoms with Crippen molar-refractivity contribution in [1.29, 1.82) is 0 Å². The molecule has 2 aromatic carbocycles. The van der Waals surface area contributed by atoms with Crippen LogP contribution in [0.25, 0.3) is 11.0 Å². The summed E-state index contributed by atoms with van der Waals surface area (Å²) >= 11 is 6.02. The van der Waals surface area contributed by atoms with Gasteiger partial charge in [-0.2, -0.15) is 13.2 Å². The second kappa shape index (κ2) is 10.3. The van der Waals surface area contributed by atoms with Crippen LogP contribution in [-0.4, -0.2) is 32.2 Å². The van der Waals surface area contributed by atoms with Crippen LogP contribution in [0.5, 0.6) is 0 Å². The minimum absolute atomic E-state index is 0.258. The summed E-state index contributed by atoms with van der Waals surface area (Å²) in [5.41, 5.74) is 0.634. The van der Waals surface area contributed by atoms with Crippen LogP contribution in [0.1, 0.15) is 66.8 Å². The summed E-state index contributed by atoms with van der Waals surface area (Å²) in [7, 11) is 0. The van der Waals surface area contributed by atoms with Gasteiger partial charge >= 0.3 is 12.2 Å². The number of hydrogen-bond acceptors (Lipinski definition) is 4. The molecule has 1 N–H and O–H groups in total. The SMILES string of the molecule is CC[C@H](NC(=O)N1CCC[C@@H]1c1nnc(C)n1Cc1ccc(Cl)cc1)c1cc2cc(C(F)(F)F)ccc2o1. The van der Waals surface area contributed by atoms with Gasteiger partial charge in [0, 0.05) is 17.0 Å². The maximum atomic E-state index is 13.4. The highest BCUT2D eigenvalue weighted by molar-refractivity contribution is 6.30. The van der Waals surface area contributed by atoms with E-state index in [1.165, 1.54) is 6.07 Å². The highest BCUT2D eigenvalue weighted by atomic mass is 35.5. The first-order valence-electron chi connectivity index (χ1n) is 12.5. The molecule has 7 nitrogen and oxygen atoms in total. The lowest BCUT2D eigenvalue weighted by Crippen LogP contribution is -2.41. The van der Waals surface area contributed by atoms with Gasteiger partial charge in [0.25, 0.3) is 0 Å². The molecule has 1 saturated heterocycles. The fraction of sp³-hybridized carbons (Fsp3) is 0.370. The Labute approximate surface area is 222 Å². The molecule has 0 spiro atoms. The number of alkyl halides is 3. The molecule has 0 saturated carbocycles. The first kappa shape index (κ1) is 26.1. The Morgan fingerprint density at radius 1 is 1.18 bits per heavy atom. The molecule has 38 heavy (non-hydrogen) atoms. The van der Waals surface area contributed by atoms with Crippen molar-refractivity contribution in [2.24, 2.45) is 0 Å². The number of nitrogens with zero attached hydrogens (tertiary/aromatic N) is 4. The van der Waals surface area contributed by atoms with Crippen molar-refractivity contribution in [3.05, 3.63) is 82.1 Å². The second-order valence-electron chi connectivity index (χ2n) is 9.48. The average molecular weight is 546 g/mol. The fourth-order valence-electron chi connectivity index (χ4n) is 4.91. The van der Waals surface area contributed by atoms with Crippen LogP contribution in [0.15, 0.2) is 52.9 Å². The summed E-state index contributed by atoms with van der Waals surface area (Å²) in [6, 6.07) is 11.4. The molecule has 2 amide bonds. The number of carbonyl (C=O) groups is 1. The quantitative estimate of drug-likeness (QED) is 0.282. The van der Waals surface area contributed by atoms with Gasteiger partial charge in [-0.25, -0.2) is 4.79 Å². The number of rotatable bonds is 6. The molecule has 200 valence electrons. The number of carbonyl (C=O) groups excluding carboxylic acids is 1. The number of furan rings is 1. The maximum absolute atomic E-state index is 13.4. The second-order valence-corrected chi connectivity index (χ2v) is 9.92. The molecule has 0 bridgehead atoms. The van der Waals surface area contributed by atoms with Crippen LogP contribution in [0.2, 0.25) is 5.02 Å². The van der Waals surface area contributed by atoms with Crippen LogP contribution in [0, 0.1) is 6.92 Å². The number of aromatic nitrogens is 3. The van der Waals surface area contributed by atoms with Crippen molar-refractivity contribution in [2.75, 3.05) is 6.54 Å². The third kappa shape index (κ3) is 5.22. The molecule has 1 aliphatic heterocycles. The zero-order valence-corrected chi connectivity index (χ0v) is 21.7. The molecule has 0 aliphatic carbocycles. The van der Waals surface area contributed by atoms with Crippen molar-refractivity contribution in [2.45, 2.75) is 57.9 Å². The molecular weight excluding hydrogens is 519 g/mol. The minimum atomic E-state index is -4.44. The summed E-state index contributed by atoms with van der Waals surface area (Å²) in [5.74, 6) is 1.86. The van der Waals surface area contributed by atoms with Gasteiger partial charge in [-0.3, -0.25) is 0 Å². The van der Waals surface area contributed by atoms with Gasteiger partial charge < -0.3 is 19.2 Å². The van der Waals surface area contributed by atoms with Crippen molar-refractivity contribution in [1.82, 2.24) is 25.0 Å². The number of benzene rings is 2. The van der Waals surface area contributed by atoms with Crippen LogP contribution in [0.3, 0.4) is 0 Å². The maximum Gasteiger partial charge on any atom is 0.416 e. The van der Waals surface area contributed by atoms with Gasteiger partial charge in [0.15, 0.2) is 5.82 Å². The lowest BCUT2D eigenvalue weighted by molar-refractivity contribution is -0.137. The monoisotopic (exact) mass is 545 g/mol. The Hall–Kier alpha value is -3.53. The van der Waals surface area contributed by atoms with E-state index in [0.717, 1.165) is 36.4 Å². The van der Waals surface area contributed by atoms with Gasteiger partial charge in [-0.1, -0.05) is 30.7 Å². The van der Waals surface area contributed by atoms with Crippen molar-refractivity contribution < 1.29 is 22.4 Å². The van der Waals surface area contributed by atoms with E-state index in [1.54, 1.807) is 11.0 Å². The summed E-state index contributed by atoms with van der Waals surface area (Å²) in [6.07, 6.45) is -2.39. The first-order chi connectivity index (χ1) is 18.1. The first-order valence-corrected chi connectivity index (χ1v) is 12.8.